The normalized spacial score (nSPS) is 15.4. The van der Waals surface area contributed by atoms with Gasteiger partial charge in [-0.05, 0) is 44.5 Å². The Morgan fingerprint density at radius 3 is 2.59 bits per heavy atom. The van der Waals surface area contributed by atoms with Crippen LogP contribution in [0, 0.1) is 13.8 Å². The highest BCUT2D eigenvalue weighted by Gasteiger charge is 2.26. The Balaban J connectivity index is 1.35. The molecule has 1 unspecified atom stereocenters. The lowest BCUT2D eigenvalue weighted by molar-refractivity contribution is 0.00403. The summed E-state index contributed by atoms with van der Waals surface area (Å²) in [7, 11) is 0. The standard InChI is InChI=1S/C21H20N4O4/c1-11-8-17-20(27-11)22-13(3)23-21(17)28-12(2)14-4-6-15(7-5-14)19-24-18(25-29-19)16-9-26-10-16/h4-8,12,16H,9-10H2,1-3H3. The van der Waals surface area contributed by atoms with Crippen LogP contribution in [0.25, 0.3) is 22.6 Å². The average molecular weight is 392 g/mol. The lowest BCUT2D eigenvalue weighted by Crippen LogP contribution is -2.26. The average Bonchev–Trinajstić information content (AvgIpc) is 3.27. The third-order valence-corrected chi connectivity index (χ3v) is 4.95. The molecule has 4 aromatic rings. The molecule has 8 nitrogen and oxygen atoms in total. The van der Waals surface area contributed by atoms with Crippen LogP contribution in [0.15, 0.2) is 39.3 Å². The van der Waals surface area contributed by atoms with Crippen LogP contribution in [0.4, 0.5) is 0 Å². The van der Waals surface area contributed by atoms with Crippen molar-refractivity contribution in [3.8, 4) is 17.3 Å². The number of aromatic nitrogens is 4. The number of furan rings is 1. The van der Waals surface area contributed by atoms with Crippen LogP contribution in [-0.4, -0.2) is 33.3 Å². The molecule has 0 bridgehead atoms. The van der Waals surface area contributed by atoms with Gasteiger partial charge in [-0.3, -0.25) is 0 Å². The second-order valence-corrected chi connectivity index (χ2v) is 7.23. The van der Waals surface area contributed by atoms with Crippen molar-refractivity contribution >= 4 is 11.1 Å². The first-order valence-corrected chi connectivity index (χ1v) is 9.50. The van der Waals surface area contributed by atoms with E-state index in [4.69, 9.17) is 18.4 Å². The first kappa shape index (κ1) is 17.8. The van der Waals surface area contributed by atoms with Crippen LogP contribution >= 0.6 is 0 Å². The lowest BCUT2D eigenvalue weighted by atomic mass is 10.1. The number of aryl methyl sites for hydroxylation is 2. The maximum Gasteiger partial charge on any atom is 0.257 e. The van der Waals surface area contributed by atoms with Crippen molar-refractivity contribution < 1.29 is 18.4 Å². The molecule has 0 radical (unpaired) electrons. The van der Waals surface area contributed by atoms with E-state index in [0.717, 1.165) is 22.3 Å². The molecule has 0 aliphatic carbocycles. The maximum absolute atomic E-state index is 6.13. The molecule has 5 rings (SSSR count). The predicted molar refractivity (Wildman–Crippen MR) is 104 cm³/mol. The molecule has 4 heterocycles. The van der Waals surface area contributed by atoms with E-state index in [9.17, 15) is 0 Å². The second-order valence-electron chi connectivity index (χ2n) is 7.23. The van der Waals surface area contributed by atoms with Gasteiger partial charge in [-0.2, -0.15) is 15.0 Å². The Hall–Kier alpha value is -3.26. The summed E-state index contributed by atoms with van der Waals surface area (Å²) in [6.45, 7) is 6.98. The third kappa shape index (κ3) is 3.36. The number of hydrogen-bond acceptors (Lipinski definition) is 8. The molecule has 0 spiro atoms. The van der Waals surface area contributed by atoms with Gasteiger partial charge in [0.1, 0.15) is 23.1 Å². The number of fused-ring (bicyclic) bond motifs is 1. The molecule has 1 aliphatic rings. The Bertz CT molecular complexity index is 1160. The van der Waals surface area contributed by atoms with Gasteiger partial charge in [0.05, 0.1) is 19.1 Å². The summed E-state index contributed by atoms with van der Waals surface area (Å²) >= 11 is 0. The van der Waals surface area contributed by atoms with Crippen molar-refractivity contribution in [1.29, 1.82) is 0 Å². The predicted octanol–water partition coefficient (Wildman–Crippen LogP) is 4.14. The minimum absolute atomic E-state index is 0.206. The molecule has 8 heteroatoms. The van der Waals surface area contributed by atoms with Gasteiger partial charge in [0, 0.05) is 5.56 Å². The van der Waals surface area contributed by atoms with Gasteiger partial charge >= 0.3 is 0 Å². The van der Waals surface area contributed by atoms with Gasteiger partial charge in [0.2, 0.25) is 11.6 Å². The molecular weight excluding hydrogens is 372 g/mol. The van der Waals surface area contributed by atoms with Crippen LogP contribution in [0.3, 0.4) is 0 Å². The minimum Gasteiger partial charge on any atom is -0.469 e. The van der Waals surface area contributed by atoms with Crippen LogP contribution in [0.2, 0.25) is 0 Å². The van der Waals surface area contributed by atoms with Crippen LogP contribution in [-0.2, 0) is 4.74 Å². The zero-order valence-electron chi connectivity index (χ0n) is 16.4. The first-order valence-electron chi connectivity index (χ1n) is 9.50. The summed E-state index contributed by atoms with van der Waals surface area (Å²) in [5, 5.41) is 4.83. The van der Waals surface area contributed by atoms with E-state index in [1.807, 2.05) is 51.1 Å². The van der Waals surface area contributed by atoms with Gasteiger partial charge in [-0.25, -0.2) is 0 Å². The summed E-state index contributed by atoms with van der Waals surface area (Å²) < 4.78 is 22.3. The highest BCUT2D eigenvalue weighted by Crippen LogP contribution is 2.30. The molecule has 1 atom stereocenters. The van der Waals surface area contributed by atoms with E-state index < -0.39 is 0 Å². The lowest BCUT2D eigenvalue weighted by Gasteiger charge is -2.22. The molecular formula is C21H20N4O4. The highest BCUT2D eigenvalue weighted by molar-refractivity contribution is 5.79. The van der Waals surface area contributed by atoms with Gasteiger partial charge in [-0.1, -0.05) is 17.3 Å². The van der Waals surface area contributed by atoms with E-state index >= 15 is 0 Å². The molecule has 0 N–H and O–H groups in total. The Kier molecular flexibility index (Phi) is 4.28. The van der Waals surface area contributed by atoms with Crippen molar-refractivity contribution in [2.75, 3.05) is 13.2 Å². The van der Waals surface area contributed by atoms with Crippen molar-refractivity contribution in [1.82, 2.24) is 20.1 Å². The largest absolute Gasteiger partial charge is 0.469 e. The van der Waals surface area contributed by atoms with E-state index in [2.05, 4.69) is 20.1 Å². The molecule has 1 fully saturated rings. The van der Waals surface area contributed by atoms with E-state index in [1.54, 1.807) is 0 Å². The van der Waals surface area contributed by atoms with Gasteiger partial charge in [0.25, 0.3) is 5.89 Å². The Labute approximate surface area is 166 Å². The number of nitrogens with zero attached hydrogens (tertiary/aromatic N) is 4. The summed E-state index contributed by atoms with van der Waals surface area (Å²) in [5.41, 5.74) is 2.41. The highest BCUT2D eigenvalue weighted by atomic mass is 16.5. The molecule has 3 aromatic heterocycles. The Morgan fingerprint density at radius 2 is 1.86 bits per heavy atom. The van der Waals surface area contributed by atoms with E-state index in [0.29, 0.717) is 42.3 Å². The fourth-order valence-electron chi connectivity index (χ4n) is 3.24. The topological polar surface area (TPSA) is 96.3 Å². The summed E-state index contributed by atoms with van der Waals surface area (Å²) in [5.74, 6) is 3.34. The molecule has 148 valence electrons. The molecule has 0 saturated carbocycles. The molecule has 0 amide bonds. The first-order chi connectivity index (χ1) is 14.1. The van der Waals surface area contributed by atoms with Crippen LogP contribution in [0.1, 0.15) is 41.9 Å². The van der Waals surface area contributed by atoms with Gasteiger partial charge in [-0.15, -0.1) is 0 Å². The van der Waals surface area contributed by atoms with E-state index in [1.165, 1.54) is 0 Å². The van der Waals surface area contributed by atoms with Gasteiger partial charge < -0.3 is 18.4 Å². The van der Waals surface area contributed by atoms with Crippen molar-refractivity contribution in [2.45, 2.75) is 32.8 Å². The summed E-state index contributed by atoms with van der Waals surface area (Å²) in [6.07, 6.45) is -0.206. The van der Waals surface area contributed by atoms with Gasteiger partial charge in [0.15, 0.2) is 5.82 Å². The van der Waals surface area contributed by atoms with Crippen LogP contribution in [0.5, 0.6) is 5.88 Å². The number of rotatable bonds is 5. The number of ether oxygens (including phenoxy) is 2. The fraction of sp³-hybridized carbons (Fsp3) is 0.333. The minimum atomic E-state index is -0.206. The fourth-order valence-corrected chi connectivity index (χ4v) is 3.24. The van der Waals surface area contributed by atoms with Crippen LogP contribution < -0.4 is 4.74 Å². The number of hydrogen-bond donors (Lipinski definition) is 0. The number of benzene rings is 1. The van der Waals surface area contributed by atoms with Crippen molar-refractivity contribution in [2.24, 2.45) is 0 Å². The molecule has 1 aliphatic heterocycles. The molecule has 29 heavy (non-hydrogen) atoms. The van der Waals surface area contributed by atoms with Crippen molar-refractivity contribution in [3.05, 3.63) is 53.3 Å². The molecule has 1 aromatic carbocycles. The smallest absolute Gasteiger partial charge is 0.257 e. The maximum atomic E-state index is 6.13. The summed E-state index contributed by atoms with van der Waals surface area (Å²) in [6, 6.07) is 9.77. The third-order valence-electron chi connectivity index (χ3n) is 4.95. The summed E-state index contributed by atoms with van der Waals surface area (Å²) in [4.78, 5) is 13.2. The zero-order valence-corrected chi connectivity index (χ0v) is 16.4. The second kappa shape index (κ2) is 6.97. The zero-order chi connectivity index (χ0) is 20.0. The van der Waals surface area contributed by atoms with E-state index in [-0.39, 0.29) is 12.0 Å². The Morgan fingerprint density at radius 1 is 1.07 bits per heavy atom. The SMILES string of the molecule is Cc1nc(OC(C)c2ccc(-c3nc(C4COC4)no3)cc2)c2cc(C)oc2n1. The quantitative estimate of drug-likeness (QED) is 0.500. The molecule has 1 saturated heterocycles. The monoisotopic (exact) mass is 392 g/mol. The van der Waals surface area contributed by atoms with Crippen molar-refractivity contribution in [3.63, 3.8) is 0 Å².